The van der Waals surface area contributed by atoms with Crippen LogP contribution >= 0.6 is 58.0 Å². The number of nitrogens with one attached hydrogen (secondary N) is 1. The fourth-order valence-electron chi connectivity index (χ4n) is 6.50. The molecule has 0 saturated carbocycles. The number of ether oxygens (including phenoxy) is 9. The van der Waals surface area contributed by atoms with Crippen LogP contribution in [-0.2, 0) is 90.2 Å². The lowest BCUT2D eigenvalue weighted by atomic mass is 10.1. The number of fused-ring (bicyclic) bond motifs is 2. The van der Waals surface area contributed by atoms with Crippen LogP contribution in [0.2, 0.25) is 50.3 Å². The van der Waals surface area contributed by atoms with Gasteiger partial charge in [0.15, 0.2) is 36.1 Å². The molecule has 2 saturated heterocycles. The Morgan fingerprint density at radius 2 is 1.05 bits per heavy atom. The predicted molar refractivity (Wildman–Crippen MR) is 261 cm³/mol. The SMILES string of the molecule is CC(=O)OC[C@@H]1O[C@@H](n2c(Cl)nc3cc(Cl)c(Cl)cc32)[C@@H](OC(C)=O)C1OC(C)=O.CC(=O)OC[C@@H]1O[C@H](OC(C)=O)[C@@H](OC(C)=O)C1OC(C)=O.C[Si](C)(C)OS(=O)(=O)C(F)(F)F.Clc1cc2nc([ClH+])[nH]c2cc1Cl. The van der Waals surface area contributed by atoms with Gasteiger partial charge >= 0.3 is 62.7 Å². The van der Waals surface area contributed by atoms with Crippen LogP contribution in [0.25, 0.3) is 22.1 Å². The van der Waals surface area contributed by atoms with Gasteiger partial charge in [0, 0.05) is 48.5 Å². The molecule has 23 nitrogen and oxygen atoms in total. The summed E-state index contributed by atoms with van der Waals surface area (Å²) in [6.07, 6.45) is -8.54. The lowest BCUT2D eigenvalue weighted by molar-refractivity contribution is -0.302. The second-order valence-electron chi connectivity index (χ2n) is 16.5. The summed E-state index contributed by atoms with van der Waals surface area (Å²) in [4.78, 5) is 90.2. The maximum absolute atomic E-state index is 11.8. The Hall–Kier alpha value is -4.75. The number of aromatic nitrogens is 4. The van der Waals surface area contributed by atoms with Crippen molar-refractivity contribution in [2.75, 3.05) is 13.2 Å². The van der Waals surface area contributed by atoms with Crippen LogP contribution in [0.1, 0.15) is 54.7 Å². The van der Waals surface area contributed by atoms with Crippen molar-refractivity contribution in [3.8, 4) is 0 Å². The zero-order chi connectivity index (χ0) is 57.9. The zero-order valence-corrected chi connectivity index (χ0v) is 47.7. The first-order valence-electron chi connectivity index (χ1n) is 21.4. The molecular weight excluding hydrogens is 1190 g/mol. The summed E-state index contributed by atoms with van der Waals surface area (Å²) in [7, 11) is -8.10. The second-order valence-corrected chi connectivity index (χ2v) is 25.2. The molecule has 2 unspecified atom stereocenters. The minimum absolute atomic E-state index is 0.000182. The van der Waals surface area contributed by atoms with Crippen LogP contribution < -0.4 is 0 Å². The average Bonchev–Trinajstić information content (AvgIpc) is 3.95. The Morgan fingerprint density at radius 1 is 0.632 bits per heavy atom. The maximum atomic E-state index is 11.8. The van der Waals surface area contributed by atoms with Crippen LogP contribution in [0.4, 0.5) is 13.2 Å². The Kier molecular flexibility index (Phi) is 23.9. The number of H-pyrrole nitrogens is 1. The minimum Gasteiger partial charge on any atom is -0.463 e. The van der Waals surface area contributed by atoms with Crippen molar-refractivity contribution >= 4 is 140 Å². The van der Waals surface area contributed by atoms with Gasteiger partial charge in [-0.1, -0.05) is 46.4 Å². The average molecular weight is 1240 g/mol. The van der Waals surface area contributed by atoms with Crippen molar-refractivity contribution in [3.63, 3.8) is 0 Å². The van der Waals surface area contributed by atoms with Crippen molar-refractivity contribution in [3.05, 3.63) is 54.9 Å². The molecule has 0 aliphatic carbocycles. The number of benzene rings is 2. The fraction of sp³-hybridized carbons (Fsp3) is 0.500. The number of nitrogens with zero attached hydrogens (tertiary/aromatic N) is 3. The van der Waals surface area contributed by atoms with Crippen LogP contribution in [-0.4, -0.2) is 140 Å². The standard InChI is InChI=1S/C18H17Cl3N2O7.C13H18O9.C7H4Cl3N2.C4H9F3O3SSi/c1-7(24)27-6-14-15(28-8(2)25)16(29-9(3)26)17(30-14)23-13-5-11(20)10(19)4-12(13)22-18(23)21;1-6(14)18-5-10-11(19-7(2)15)12(20-8(3)16)13(22-10)21-9(4)17;8-3-1-5-6(2-4(3)9)12-7(10)11-5;1-12(2,3)10-11(8,9)4(5,6)7/h4-5,14-17H,6H2,1-3H3;10-13H,5H2,1-4H3;1-2,10H,(H,11,12);1-3H3/q;;+1;/t14-,15?,16-,17+;10-,11?,12-,13-;;/m00../s1. The summed E-state index contributed by atoms with van der Waals surface area (Å²) in [6, 6.07) is 6.46. The molecule has 8 atom stereocenters. The summed E-state index contributed by atoms with van der Waals surface area (Å²) in [6.45, 7) is 11.9. The monoisotopic (exact) mass is 1240 g/mol. The Labute approximate surface area is 461 Å². The van der Waals surface area contributed by atoms with Gasteiger partial charge < -0.3 is 46.5 Å². The first-order chi connectivity index (χ1) is 34.9. The molecule has 2 aliphatic heterocycles. The smallest absolute Gasteiger partial charge is 0.463 e. The molecule has 0 spiro atoms. The highest BCUT2D eigenvalue weighted by Gasteiger charge is 2.53. The molecule has 0 radical (unpaired) electrons. The van der Waals surface area contributed by atoms with Crippen molar-refractivity contribution in [2.24, 2.45) is 0 Å². The largest absolute Gasteiger partial charge is 0.522 e. The van der Waals surface area contributed by atoms with E-state index < -0.39 is 115 Å². The van der Waals surface area contributed by atoms with E-state index in [9.17, 15) is 55.2 Å². The van der Waals surface area contributed by atoms with Gasteiger partial charge in [-0.05, 0) is 55.5 Å². The van der Waals surface area contributed by atoms with E-state index >= 15 is 0 Å². The van der Waals surface area contributed by atoms with Gasteiger partial charge in [-0.25, -0.2) is 4.98 Å². The van der Waals surface area contributed by atoms with Gasteiger partial charge in [0.1, 0.15) is 25.4 Å². The highest BCUT2D eigenvalue weighted by atomic mass is 35.5. The predicted octanol–water partition coefficient (Wildman–Crippen LogP) is 7.27. The van der Waals surface area contributed by atoms with Crippen LogP contribution in [0.3, 0.4) is 0 Å². The lowest BCUT2D eigenvalue weighted by Crippen LogP contribution is -2.42. The first-order valence-corrected chi connectivity index (χ1v) is 28.5. The molecule has 2 aromatic carbocycles. The highest BCUT2D eigenvalue weighted by molar-refractivity contribution is 7.88. The van der Waals surface area contributed by atoms with Crippen molar-refractivity contribution in [1.82, 2.24) is 19.5 Å². The molecular formula is C42H48Cl6F3N4O19SSi+. The molecule has 34 heteroatoms. The number of alkyl halides is 3. The second kappa shape index (κ2) is 27.7. The molecule has 2 aromatic heterocycles. The van der Waals surface area contributed by atoms with Gasteiger partial charge in [-0.2, -0.15) is 26.6 Å². The normalized spacial score (nSPS) is 21.1. The van der Waals surface area contributed by atoms with Crippen molar-refractivity contribution in [2.45, 2.75) is 123 Å². The summed E-state index contributed by atoms with van der Waals surface area (Å²) in [5.41, 5.74) is -2.88. The van der Waals surface area contributed by atoms with Crippen LogP contribution in [0.5, 0.6) is 0 Å². The number of imidazole rings is 2. The zero-order valence-electron chi connectivity index (χ0n) is 41.3. The number of halogens is 9. The third-order valence-electron chi connectivity index (χ3n) is 9.03. The highest BCUT2D eigenvalue weighted by Crippen LogP contribution is 2.40. The van der Waals surface area contributed by atoms with E-state index in [-0.39, 0.29) is 28.5 Å². The van der Waals surface area contributed by atoms with E-state index in [1.54, 1.807) is 12.1 Å². The van der Waals surface area contributed by atoms with Crippen molar-refractivity contribution < 1.29 is 113 Å². The molecule has 0 bridgehead atoms. The number of carbonyl (C=O) groups is 7. The Balaban J connectivity index is 0.000000288. The molecule has 422 valence electrons. The van der Waals surface area contributed by atoms with Crippen LogP contribution in [0, 0.1) is 11.6 Å². The number of hydrogen-bond acceptors (Lipinski definition) is 21. The van der Waals surface area contributed by atoms with Gasteiger partial charge in [0.2, 0.25) is 26.0 Å². The van der Waals surface area contributed by atoms with Gasteiger partial charge in [0.25, 0.3) is 0 Å². The number of hydrogen-bond donors (Lipinski definition) is 1. The quantitative estimate of drug-likeness (QED) is 0.0631. The molecule has 4 heterocycles. The van der Waals surface area contributed by atoms with Gasteiger partial charge in [0.05, 0.1) is 42.2 Å². The van der Waals surface area contributed by atoms with Gasteiger partial charge in [-0.3, -0.25) is 43.1 Å². The number of rotatable bonds is 12. The maximum Gasteiger partial charge on any atom is 0.522 e. The van der Waals surface area contributed by atoms with Crippen LogP contribution in [0.15, 0.2) is 24.3 Å². The van der Waals surface area contributed by atoms with E-state index in [1.807, 2.05) is 0 Å². The molecule has 4 aromatic rings. The first kappa shape index (κ1) is 65.5. The van der Waals surface area contributed by atoms with Gasteiger partial charge in [-0.15, -0.1) is 0 Å². The van der Waals surface area contributed by atoms with Crippen molar-refractivity contribution in [1.29, 1.82) is 0 Å². The van der Waals surface area contributed by atoms with E-state index in [2.05, 4.69) is 18.8 Å². The topological polar surface area (TPSA) is 292 Å². The Bertz CT molecular complexity index is 2870. The number of aromatic amines is 1. The van der Waals surface area contributed by atoms with E-state index in [4.69, 9.17) is 112 Å². The third-order valence-corrected chi connectivity index (χ3v) is 14.4. The van der Waals surface area contributed by atoms with E-state index in [1.165, 1.54) is 64.0 Å². The third kappa shape index (κ3) is 19.6. The summed E-state index contributed by atoms with van der Waals surface area (Å²) in [5, 5.41) is 1.97. The van der Waals surface area contributed by atoms with E-state index in [0.29, 0.717) is 26.4 Å². The molecule has 76 heavy (non-hydrogen) atoms. The summed E-state index contributed by atoms with van der Waals surface area (Å²) >= 11 is 34.9. The fourth-order valence-corrected chi connectivity index (χ4v) is 10.6. The Morgan fingerprint density at radius 3 is 1.50 bits per heavy atom. The lowest BCUT2D eigenvalue weighted by Gasteiger charge is -2.24. The molecule has 1 N–H and O–H groups in total. The molecule has 6 rings (SSSR count). The van der Waals surface area contributed by atoms with E-state index in [0.717, 1.165) is 31.8 Å². The number of carbonyl (C=O) groups excluding carboxylic acids is 7. The summed E-state index contributed by atoms with van der Waals surface area (Å²) < 4.78 is 108. The summed E-state index contributed by atoms with van der Waals surface area (Å²) in [5.74, 6) is -4.38. The molecule has 0 amide bonds. The molecule has 2 aliphatic rings. The minimum atomic E-state index is -5.39. The number of esters is 7. The molecule has 2 fully saturated rings.